The minimum atomic E-state index is -0.306. The van der Waals surface area contributed by atoms with Crippen LogP contribution in [0.2, 0.25) is 10.0 Å². The van der Waals surface area contributed by atoms with Gasteiger partial charge in [-0.2, -0.15) is 5.10 Å². The van der Waals surface area contributed by atoms with Crippen molar-refractivity contribution in [3.63, 3.8) is 0 Å². The van der Waals surface area contributed by atoms with E-state index in [9.17, 15) is 4.39 Å². The van der Waals surface area contributed by atoms with Crippen LogP contribution in [-0.2, 0) is 0 Å². The molecule has 1 aromatic heterocycles. The van der Waals surface area contributed by atoms with Crippen molar-refractivity contribution in [3.05, 3.63) is 64.5 Å². The topological polar surface area (TPSA) is 43.8 Å². The van der Waals surface area contributed by atoms with E-state index < -0.39 is 0 Å². The van der Waals surface area contributed by atoms with Crippen LogP contribution in [0.4, 0.5) is 10.1 Å². The van der Waals surface area contributed by atoms with Crippen molar-refractivity contribution >= 4 is 28.9 Å². The molecule has 0 unspecified atom stereocenters. The first kappa shape index (κ1) is 13.9. The Kier molecular flexibility index (Phi) is 3.57. The second-order valence-corrected chi connectivity index (χ2v) is 5.32. The van der Waals surface area contributed by atoms with Crippen LogP contribution in [0, 0.1) is 5.82 Å². The van der Waals surface area contributed by atoms with E-state index in [0.717, 1.165) is 0 Å². The molecule has 6 heteroatoms. The van der Waals surface area contributed by atoms with Gasteiger partial charge in [-0.05, 0) is 42.5 Å². The molecular formula is C15H10Cl2FN3. The normalized spacial score (nSPS) is 10.8. The van der Waals surface area contributed by atoms with Gasteiger partial charge in [0.1, 0.15) is 11.5 Å². The highest BCUT2D eigenvalue weighted by atomic mass is 35.5. The summed E-state index contributed by atoms with van der Waals surface area (Å²) in [7, 11) is 0. The standard InChI is InChI=1S/C15H10Cl2FN3/c16-9-1-6-12(13(17)7-9)15-14(19)8-21(20-15)11-4-2-10(18)3-5-11/h1-8H,19H2. The first-order valence-electron chi connectivity index (χ1n) is 6.11. The lowest BCUT2D eigenvalue weighted by Gasteiger charge is -2.03. The molecule has 3 nitrogen and oxygen atoms in total. The minimum Gasteiger partial charge on any atom is -0.396 e. The fourth-order valence-corrected chi connectivity index (χ4v) is 2.50. The average Bonchev–Trinajstić information content (AvgIpc) is 2.81. The number of nitrogens with zero attached hydrogens (tertiary/aromatic N) is 2. The third-order valence-corrected chi connectivity index (χ3v) is 3.57. The van der Waals surface area contributed by atoms with Crippen molar-refractivity contribution in [2.75, 3.05) is 5.73 Å². The highest BCUT2D eigenvalue weighted by Gasteiger charge is 2.13. The lowest BCUT2D eigenvalue weighted by molar-refractivity contribution is 0.627. The average molecular weight is 322 g/mol. The maximum absolute atomic E-state index is 13.0. The van der Waals surface area contributed by atoms with Crippen molar-refractivity contribution in [1.82, 2.24) is 9.78 Å². The molecule has 0 fully saturated rings. The van der Waals surface area contributed by atoms with Gasteiger partial charge in [0.15, 0.2) is 0 Å². The maximum atomic E-state index is 13.0. The molecule has 0 saturated carbocycles. The Bertz CT molecular complexity index is 797. The Labute approximate surface area is 130 Å². The Morgan fingerprint density at radius 3 is 2.43 bits per heavy atom. The molecule has 0 amide bonds. The van der Waals surface area contributed by atoms with Gasteiger partial charge in [0.05, 0.1) is 22.6 Å². The number of nitrogens with two attached hydrogens (primary N) is 1. The summed E-state index contributed by atoms with van der Waals surface area (Å²) in [6, 6.07) is 11.1. The molecule has 106 valence electrons. The van der Waals surface area contributed by atoms with Gasteiger partial charge in [-0.25, -0.2) is 9.07 Å². The molecule has 0 radical (unpaired) electrons. The summed E-state index contributed by atoms with van der Waals surface area (Å²) < 4.78 is 14.5. The van der Waals surface area contributed by atoms with Crippen LogP contribution < -0.4 is 5.73 Å². The zero-order valence-corrected chi connectivity index (χ0v) is 12.2. The monoisotopic (exact) mass is 321 g/mol. The van der Waals surface area contributed by atoms with Crippen molar-refractivity contribution in [1.29, 1.82) is 0 Å². The quantitative estimate of drug-likeness (QED) is 0.751. The number of halogens is 3. The van der Waals surface area contributed by atoms with Gasteiger partial charge in [-0.3, -0.25) is 0 Å². The van der Waals surface area contributed by atoms with E-state index in [-0.39, 0.29) is 5.82 Å². The largest absolute Gasteiger partial charge is 0.396 e. The number of nitrogen functional groups attached to an aromatic ring is 1. The molecule has 2 N–H and O–H groups in total. The smallest absolute Gasteiger partial charge is 0.123 e. The highest BCUT2D eigenvalue weighted by Crippen LogP contribution is 2.33. The third kappa shape index (κ3) is 2.73. The lowest BCUT2D eigenvalue weighted by atomic mass is 10.1. The summed E-state index contributed by atoms with van der Waals surface area (Å²) in [5.41, 5.74) is 8.43. The summed E-state index contributed by atoms with van der Waals surface area (Å²) in [6.45, 7) is 0. The van der Waals surface area contributed by atoms with E-state index in [2.05, 4.69) is 5.10 Å². The molecule has 0 saturated heterocycles. The second kappa shape index (κ2) is 5.39. The molecule has 0 bridgehead atoms. The summed E-state index contributed by atoms with van der Waals surface area (Å²) in [6.07, 6.45) is 1.66. The second-order valence-electron chi connectivity index (χ2n) is 4.48. The first-order chi connectivity index (χ1) is 10.0. The van der Waals surface area contributed by atoms with Crippen LogP contribution in [0.15, 0.2) is 48.7 Å². The van der Waals surface area contributed by atoms with Gasteiger partial charge in [-0.1, -0.05) is 23.2 Å². The molecule has 0 aliphatic rings. The Morgan fingerprint density at radius 2 is 1.76 bits per heavy atom. The predicted molar refractivity (Wildman–Crippen MR) is 83.4 cm³/mol. The Hall–Kier alpha value is -2.04. The van der Waals surface area contributed by atoms with Crippen molar-refractivity contribution in [2.45, 2.75) is 0 Å². The molecule has 1 heterocycles. The number of aromatic nitrogens is 2. The van der Waals surface area contributed by atoms with Gasteiger partial charge in [-0.15, -0.1) is 0 Å². The molecule has 3 rings (SSSR count). The van der Waals surface area contributed by atoms with Crippen molar-refractivity contribution in [2.24, 2.45) is 0 Å². The molecule has 0 spiro atoms. The first-order valence-corrected chi connectivity index (χ1v) is 6.87. The van der Waals surface area contributed by atoms with Crippen LogP contribution in [0.25, 0.3) is 16.9 Å². The number of hydrogen-bond donors (Lipinski definition) is 1. The van der Waals surface area contributed by atoms with Gasteiger partial charge in [0, 0.05) is 10.6 Å². The maximum Gasteiger partial charge on any atom is 0.123 e. The van der Waals surface area contributed by atoms with Crippen LogP contribution in [0.5, 0.6) is 0 Å². The fourth-order valence-electron chi connectivity index (χ4n) is 2.00. The molecule has 3 aromatic rings. The van der Waals surface area contributed by atoms with E-state index in [4.69, 9.17) is 28.9 Å². The van der Waals surface area contributed by atoms with Crippen molar-refractivity contribution < 1.29 is 4.39 Å². The molecule has 2 aromatic carbocycles. The van der Waals surface area contributed by atoms with Crippen LogP contribution in [-0.4, -0.2) is 9.78 Å². The Balaban J connectivity index is 2.07. The molecule has 21 heavy (non-hydrogen) atoms. The van der Waals surface area contributed by atoms with Gasteiger partial charge < -0.3 is 5.73 Å². The van der Waals surface area contributed by atoms with Gasteiger partial charge in [0.2, 0.25) is 0 Å². The minimum absolute atomic E-state index is 0.306. The lowest BCUT2D eigenvalue weighted by Crippen LogP contribution is -1.95. The number of hydrogen-bond acceptors (Lipinski definition) is 2. The van der Waals surface area contributed by atoms with E-state index in [1.54, 1.807) is 41.2 Å². The third-order valence-electron chi connectivity index (χ3n) is 3.02. The highest BCUT2D eigenvalue weighted by molar-refractivity contribution is 6.36. The summed E-state index contributed by atoms with van der Waals surface area (Å²) in [5, 5.41) is 5.42. The van der Waals surface area contributed by atoms with E-state index >= 15 is 0 Å². The summed E-state index contributed by atoms with van der Waals surface area (Å²) in [5.74, 6) is -0.306. The number of anilines is 1. The van der Waals surface area contributed by atoms with Crippen LogP contribution in [0.3, 0.4) is 0 Å². The van der Waals surface area contributed by atoms with E-state index in [0.29, 0.717) is 32.7 Å². The van der Waals surface area contributed by atoms with Crippen LogP contribution >= 0.6 is 23.2 Å². The molecule has 0 aliphatic carbocycles. The predicted octanol–water partition coefficient (Wildman–Crippen LogP) is 4.57. The fraction of sp³-hybridized carbons (Fsp3) is 0. The van der Waals surface area contributed by atoms with Crippen LogP contribution in [0.1, 0.15) is 0 Å². The SMILES string of the molecule is Nc1cn(-c2ccc(F)cc2)nc1-c1ccc(Cl)cc1Cl. The summed E-state index contributed by atoms with van der Waals surface area (Å²) in [4.78, 5) is 0. The zero-order chi connectivity index (χ0) is 15.0. The summed E-state index contributed by atoms with van der Waals surface area (Å²) >= 11 is 12.1. The number of benzene rings is 2. The number of rotatable bonds is 2. The Morgan fingerprint density at radius 1 is 1.05 bits per heavy atom. The van der Waals surface area contributed by atoms with Gasteiger partial charge >= 0.3 is 0 Å². The zero-order valence-electron chi connectivity index (χ0n) is 10.7. The molecule has 0 atom stereocenters. The van der Waals surface area contributed by atoms with Gasteiger partial charge in [0.25, 0.3) is 0 Å². The molecule has 0 aliphatic heterocycles. The van der Waals surface area contributed by atoms with Crippen molar-refractivity contribution in [3.8, 4) is 16.9 Å². The van der Waals surface area contributed by atoms with E-state index in [1.165, 1.54) is 12.1 Å². The molecular weight excluding hydrogens is 312 g/mol. The van der Waals surface area contributed by atoms with E-state index in [1.807, 2.05) is 0 Å².